The maximum atomic E-state index is 13.2. The number of benzene rings is 1. The van der Waals surface area contributed by atoms with Gasteiger partial charge >= 0.3 is 0 Å². The maximum absolute atomic E-state index is 13.2. The molecule has 70 valence electrons. The molecule has 1 atom stereocenters. The van der Waals surface area contributed by atoms with E-state index in [-0.39, 0.29) is 18.3 Å². The minimum absolute atomic E-state index is 0.104. The summed E-state index contributed by atoms with van der Waals surface area (Å²) in [6.45, 7) is -0.104. The fourth-order valence-electron chi connectivity index (χ4n) is 1.95. The molecule has 1 aromatic rings. The van der Waals surface area contributed by atoms with Crippen molar-refractivity contribution in [3.05, 3.63) is 34.9 Å². The number of aliphatic hydroxyl groups excluding tert-OH is 1. The summed E-state index contributed by atoms with van der Waals surface area (Å²) in [5.41, 5.74) is 0.821. The molecular formula is C10H10F2O. The second-order valence-electron chi connectivity index (χ2n) is 3.34. The fraction of sp³-hybridized carbons (Fsp3) is 0.400. The molecule has 0 aromatic heterocycles. The van der Waals surface area contributed by atoms with E-state index in [1.54, 1.807) is 0 Å². The van der Waals surface area contributed by atoms with E-state index >= 15 is 0 Å². The number of fused-ring (bicyclic) bond motifs is 1. The lowest BCUT2D eigenvalue weighted by Crippen LogP contribution is -2.02. The minimum atomic E-state index is -0.395. The van der Waals surface area contributed by atoms with Crippen LogP contribution in [0.25, 0.3) is 0 Å². The van der Waals surface area contributed by atoms with E-state index in [2.05, 4.69) is 0 Å². The Labute approximate surface area is 75.0 Å². The van der Waals surface area contributed by atoms with Gasteiger partial charge in [-0.15, -0.1) is 0 Å². The Balaban J connectivity index is 2.55. The molecule has 3 heteroatoms. The molecule has 0 radical (unpaired) electrons. The van der Waals surface area contributed by atoms with Crippen LogP contribution in [0.1, 0.15) is 23.5 Å². The number of rotatable bonds is 1. The molecule has 1 N–H and O–H groups in total. The van der Waals surface area contributed by atoms with Crippen LogP contribution in [-0.2, 0) is 6.42 Å². The molecule has 0 bridgehead atoms. The molecule has 0 heterocycles. The van der Waals surface area contributed by atoms with E-state index in [1.165, 1.54) is 0 Å². The lowest BCUT2D eigenvalue weighted by atomic mass is 10.0. The van der Waals surface area contributed by atoms with Crippen molar-refractivity contribution in [2.24, 2.45) is 0 Å². The van der Waals surface area contributed by atoms with Gasteiger partial charge in [0.15, 0.2) is 0 Å². The zero-order chi connectivity index (χ0) is 9.42. The number of aliphatic hydroxyl groups is 1. The van der Waals surface area contributed by atoms with Crippen LogP contribution in [0, 0.1) is 11.6 Å². The highest BCUT2D eigenvalue weighted by Gasteiger charge is 2.27. The maximum Gasteiger partial charge on any atom is 0.127 e. The van der Waals surface area contributed by atoms with Crippen LogP contribution in [0.5, 0.6) is 0 Å². The van der Waals surface area contributed by atoms with E-state index in [4.69, 9.17) is 5.11 Å². The highest BCUT2D eigenvalue weighted by molar-refractivity contribution is 5.37. The molecule has 0 aliphatic heterocycles. The first kappa shape index (κ1) is 8.63. The van der Waals surface area contributed by atoms with Gasteiger partial charge < -0.3 is 5.11 Å². The van der Waals surface area contributed by atoms with Gasteiger partial charge in [-0.2, -0.15) is 0 Å². The summed E-state index contributed by atoms with van der Waals surface area (Å²) >= 11 is 0. The van der Waals surface area contributed by atoms with Crippen LogP contribution >= 0.6 is 0 Å². The Kier molecular flexibility index (Phi) is 2.04. The number of hydrogen-bond donors (Lipinski definition) is 1. The van der Waals surface area contributed by atoms with Crippen molar-refractivity contribution in [3.8, 4) is 0 Å². The molecular weight excluding hydrogens is 174 g/mol. The normalized spacial score (nSPS) is 20.4. The van der Waals surface area contributed by atoms with Crippen molar-refractivity contribution in [3.63, 3.8) is 0 Å². The topological polar surface area (TPSA) is 20.2 Å². The van der Waals surface area contributed by atoms with E-state index in [0.29, 0.717) is 24.0 Å². The van der Waals surface area contributed by atoms with Crippen LogP contribution in [0.3, 0.4) is 0 Å². The Morgan fingerprint density at radius 2 is 2.00 bits per heavy atom. The van der Waals surface area contributed by atoms with Gasteiger partial charge in [0, 0.05) is 5.92 Å². The predicted molar refractivity (Wildman–Crippen MR) is 44.5 cm³/mol. The average Bonchev–Trinajstić information content (AvgIpc) is 2.56. The SMILES string of the molecule is OCC1CCc2c(F)ccc(F)c21. The first-order chi connectivity index (χ1) is 6.24. The van der Waals surface area contributed by atoms with Crippen molar-refractivity contribution >= 4 is 0 Å². The third-order valence-corrected chi connectivity index (χ3v) is 2.62. The van der Waals surface area contributed by atoms with Crippen LogP contribution in [0.2, 0.25) is 0 Å². The van der Waals surface area contributed by atoms with Crippen molar-refractivity contribution in [2.75, 3.05) is 6.61 Å². The lowest BCUT2D eigenvalue weighted by Gasteiger charge is -2.08. The van der Waals surface area contributed by atoms with Crippen molar-refractivity contribution in [1.29, 1.82) is 0 Å². The van der Waals surface area contributed by atoms with Crippen LogP contribution in [0.15, 0.2) is 12.1 Å². The number of hydrogen-bond acceptors (Lipinski definition) is 1. The van der Waals surface area contributed by atoms with Crippen LogP contribution < -0.4 is 0 Å². The summed E-state index contributed by atoms with van der Waals surface area (Å²) in [5.74, 6) is -0.967. The second kappa shape index (κ2) is 3.07. The van der Waals surface area contributed by atoms with Crippen molar-refractivity contribution in [1.82, 2.24) is 0 Å². The Bertz CT molecular complexity index is 336. The monoisotopic (exact) mass is 184 g/mol. The summed E-state index contributed by atoms with van der Waals surface area (Å²) in [6, 6.07) is 2.27. The van der Waals surface area contributed by atoms with Crippen LogP contribution in [-0.4, -0.2) is 11.7 Å². The van der Waals surface area contributed by atoms with Gasteiger partial charge in [-0.25, -0.2) is 8.78 Å². The van der Waals surface area contributed by atoms with Gasteiger partial charge in [0.1, 0.15) is 11.6 Å². The van der Waals surface area contributed by atoms with E-state index in [9.17, 15) is 8.78 Å². The van der Waals surface area contributed by atoms with Crippen LogP contribution in [0.4, 0.5) is 8.78 Å². The van der Waals surface area contributed by atoms with Gasteiger partial charge in [-0.3, -0.25) is 0 Å². The summed E-state index contributed by atoms with van der Waals surface area (Å²) in [4.78, 5) is 0. The van der Waals surface area contributed by atoms with Gasteiger partial charge in [-0.05, 0) is 36.1 Å². The molecule has 1 aromatic carbocycles. The zero-order valence-electron chi connectivity index (χ0n) is 7.06. The molecule has 2 rings (SSSR count). The third kappa shape index (κ3) is 1.23. The molecule has 0 fully saturated rings. The standard InChI is InChI=1S/C10H10F2O/c11-8-3-4-9(12)10-6(5-13)1-2-7(8)10/h3-4,6,13H,1-2,5H2. The average molecular weight is 184 g/mol. The molecule has 13 heavy (non-hydrogen) atoms. The Hall–Kier alpha value is -0.960. The van der Waals surface area contributed by atoms with E-state index in [0.717, 1.165) is 12.1 Å². The molecule has 0 amide bonds. The molecule has 0 saturated heterocycles. The fourth-order valence-corrected chi connectivity index (χ4v) is 1.95. The summed E-state index contributed by atoms with van der Waals surface area (Å²) in [7, 11) is 0. The second-order valence-corrected chi connectivity index (χ2v) is 3.34. The van der Waals surface area contributed by atoms with E-state index in [1.807, 2.05) is 0 Å². The molecule has 1 unspecified atom stereocenters. The predicted octanol–water partition coefficient (Wildman–Crippen LogP) is 1.99. The lowest BCUT2D eigenvalue weighted by molar-refractivity contribution is 0.262. The zero-order valence-corrected chi connectivity index (χ0v) is 7.06. The van der Waals surface area contributed by atoms with Gasteiger partial charge in [-0.1, -0.05) is 0 Å². The number of halogens is 2. The Morgan fingerprint density at radius 3 is 2.69 bits per heavy atom. The molecule has 1 aliphatic rings. The summed E-state index contributed by atoms with van der Waals surface area (Å²) in [6.07, 6.45) is 1.17. The summed E-state index contributed by atoms with van der Waals surface area (Å²) < 4.78 is 26.4. The van der Waals surface area contributed by atoms with Gasteiger partial charge in [0.2, 0.25) is 0 Å². The molecule has 1 aliphatic carbocycles. The Morgan fingerprint density at radius 1 is 1.31 bits per heavy atom. The highest BCUT2D eigenvalue weighted by atomic mass is 19.1. The van der Waals surface area contributed by atoms with Gasteiger partial charge in [0.25, 0.3) is 0 Å². The highest BCUT2D eigenvalue weighted by Crippen LogP contribution is 2.35. The van der Waals surface area contributed by atoms with Crippen molar-refractivity contribution < 1.29 is 13.9 Å². The minimum Gasteiger partial charge on any atom is -0.396 e. The smallest absolute Gasteiger partial charge is 0.127 e. The first-order valence-corrected chi connectivity index (χ1v) is 4.31. The molecule has 0 spiro atoms. The third-order valence-electron chi connectivity index (χ3n) is 2.62. The first-order valence-electron chi connectivity index (χ1n) is 4.31. The largest absolute Gasteiger partial charge is 0.396 e. The summed E-state index contributed by atoms with van der Waals surface area (Å²) in [5, 5.41) is 8.94. The van der Waals surface area contributed by atoms with E-state index < -0.39 is 5.82 Å². The molecule has 1 nitrogen and oxygen atoms in total. The molecule has 0 saturated carbocycles. The van der Waals surface area contributed by atoms with Crippen molar-refractivity contribution in [2.45, 2.75) is 18.8 Å². The quantitative estimate of drug-likeness (QED) is 0.707. The van der Waals surface area contributed by atoms with Gasteiger partial charge in [0.05, 0.1) is 6.61 Å².